The lowest BCUT2D eigenvalue weighted by Crippen LogP contribution is -2.10. The second-order valence-corrected chi connectivity index (χ2v) is 7.48. The predicted octanol–water partition coefficient (Wildman–Crippen LogP) is 4.50. The molecule has 5 rings (SSSR count). The highest BCUT2D eigenvalue weighted by Gasteiger charge is 2.17. The summed E-state index contributed by atoms with van der Waals surface area (Å²) in [5.41, 5.74) is 5.62. The molecule has 0 unspecified atom stereocenters. The van der Waals surface area contributed by atoms with Crippen molar-refractivity contribution < 1.29 is 4.39 Å². The van der Waals surface area contributed by atoms with Crippen LogP contribution >= 0.6 is 11.3 Å². The summed E-state index contributed by atoms with van der Waals surface area (Å²) in [5.74, 6) is 0.436. The summed E-state index contributed by atoms with van der Waals surface area (Å²) in [5, 5.41) is 0.811. The molecule has 28 heavy (non-hydrogen) atoms. The van der Waals surface area contributed by atoms with Gasteiger partial charge in [-0.3, -0.25) is 4.79 Å². The molecule has 0 radical (unpaired) electrons. The van der Waals surface area contributed by atoms with Crippen LogP contribution in [-0.2, 0) is 6.54 Å². The number of thiazole rings is 1. The van der Waals surface area contributed by atoms with Crippen molar-refractivity contribution in [3.05, 3.63) is 81.5 Å². The minimum Gasteiger partial charge on any atom is -0.322 e. The molecule has 3 aromatic heterocycles. The fourth-order valence-corrected chi connectivity index (χ4v) is 4.33. The molecule has 0 aliphatic heterocycles. The quantitative estimate of drug-likeness (QED) is 0.493. The van der Waals surface area contributed by atoms with Crippen LogP contribution in [0.5, 0.6) is 0 Å². The van der Waals surface area contributed by atoms with Gasteiger partial charge in [-0.1, -0.05) is 12.1 Å². The van der Waals surface area contributed by atoms with Crippen LogP contribution in [0.25, 0.3) is 32.6 Å². The van der Waals surface area contributed by atoms with Crippen molar-refractivity contribution in [2.75, 3.05) is 0 Å². The smallest absolute Gasteiger partial charge is 0.248 e. The lowest BCUT2D eigenvalue weighted by atomic mass is 10.1. The van der Waals surface area contributed by atoms with Crippen molar-refractivity contribution in [2.24, 2.45) is 0 Å². The predicted molar refractivity (Wildman–Crippen MR) is 109 cm³/mol. The fraction of sp³-hybridized carbons (Fsp3) is 0.0952. The van der Waals surface area contributed by atoms with Crippen LogP contribution in [0.15, 0.2) is 58.8 Å². The Bertz CT molecular complexity index is 1400. The van der Waals surface area contributed by atoms with E-state index in [0.29, 0.717) is 12.1 Å². The Morgan fingerprint density at radius 2 is 2.04 bits per heavy atom. The van der Waals surface area contributed by atoms with Crippen molar-refractivity contribution in [1.82, 2.24) is 19.5 Å². The first kappa shape index (κ1) is 16.8. The van der Waals surface area contributed by atoms with Gasteiger partial charge in [0.05, 0.1) is 39.2 Å². The van der Waals surface area contributed by atoms with Crippen molar-refractivity contribution >= 4 is 33.3 Å². The summed E-state index contributed by atoms with van der Waals surface area (Å²) in [6.07, 6.45) is 0. The molecule has 0 spiro atoms. The van der Waals surface area contributed by atoms with Crippen LogP contribution in [0.4, 0.5) is 4.39 Å². The topological polar surface area (TPSA) is 63.6 Å². The molecule has 0 amide bonds. The monoisotopic (exact) mass is 390 g/mol. The summed E-state index contributed by atoms with van der Waals surface area (Å²) >= 11 is 1.54. The van der Waals surface area contributed by atoms with E-state index in [-0.39, 0.29) is 11.4 Å². The molecule has 0 aliphatic rings. The van der Waals surface area contributed by atoms with Crippen LogP contribution in [0.1, 0.15) is 11.3 Å². The Hall–Kier alpha value is -3.32. The van der Waals surface area contributed by atoms with Crippen molar-refractivity contribution in [2.45, 2.75) is 13.5 Å². The van der Waals surface area contributed by atoms with Gasteiger partial charge in [0.25, 0.3) is 0 Å². The van der Waals surface area contributed by atoms with Crippen LogP contribution < -0.4 is 5.56 Å². The third-order valence-corrected chi connectivity index (χ3v) is 5.75. The molecule has 0 saturated heterocycles. The number of nitrogens with one attached hydrogen (secondary N) is 1. The number of imidazole rings is 1. The number of fused-ring (bicyclic) bond motifs is 2. The highest BCUT2D eigenvalue weighted by molar-refractivity contribution is 7.13. The fourth-order valence-electron chi connectivity index (χ4n) is 3.53. The second-order valence-electron chi connectivity index (χ2n) is 6.63. The van der Waals surface area contributed by atoms with E-state index in [1.54, 1.807) is 17.6 Å². The molecule has 0 atom stereocenters. The molecule has 1 N–H and O–H groups in total. The van der Waals surface area contributed by atoms with E-state index >= 15 is 0 Å². The molecular weight excluding hydrogens is 375 g/mol. The third kappa shape index (κ3) is 2.71. The SMILES string of the molecule is Cc1ncsc1-c1nc2ccccc2n1Cc1cc(=O)[nH]c2cc(F)ccc12. The van der Waals surface area contributed by atoms with Gasteiger partial charge in [0.15, 0.2) is 5.82 Å². The summed E-state index contributed by atoms with van der Waals surface area (Å²) in [6.45, 7) is 2.40. The Balaban J connectivity index is 1.76. The Kier molecular flexibility index (Phi) is 3.84. The van der Waals surface area contributed by atoms with Crippen molar-refractivity contribution in [3.63, 3.8) is 0 Å². The molecule has 0 saturated carbocycles. The summed E-state index contributed by atoms with van der Waals surface area (Å²) < 4.78 is 15.7. The second kappa shape index (κ2) is 6.38. The van der Waals surface area contributed by atoms with E-state index in [1.807, 2.05) is 31.2 Å². The molecule has 0 bridgehead atoms. The van der Waals surface area contributed by atoms with E-state index in [2.05, 4.69) is 14.5 Å². The van der Waals surface area contributed by atoms with E-state index in [4.69, 9.17) is 4.98 Å². The molecular formula is C21H15FN4OS. The maximum Gasteiger partial charge on any atom is 0.248 e. The number of nitrogens with zero attached hydrogens (tertiary/aromatic N) is 3. The number of aromatic amines is 1. The first-order valence-electron chi connectivity index (χ1n) is 8.77. The van der Waals surface area contributed by atoms with Gasteiger partial charge in [0.2, 0.25) is 5.56 Å². The van der Waals surface area contributed by atoms with E-state index in [1.165, 1.54) is 23.5 Å². The Labute approximate surface area is 163 Å². The molecule has 5 aromatic rings. The van der Waals surface area contributed by atoms with Crippen LogP contribution in [0.3, 0.4) is 0 Å². The molecule has 7 heteroatoms. The number of H-pyrrole nitrogens is 1. The molecule has 3 heterocycles. The number of aryl methyl sites for hydroxylation is 1. The molecule has 0 aliphatic carbocycles. The average molecular weight is 390 g/mol. The van der Waals surface area contributed by atoms with Crippen molar-refractivity contribution in [1.29, 1.82) is 0 Å². The molecule has 5 nitrogen and oxygen atoms in total. The van der Waals surface area contributed by atoms with Gasteiger partial charge >= 0.3 is 0 Å². The Morgan fingerprint density at radius 1 is 1.18 bits per heavy atom. The van der Waals surface area contributed by atoms with Crippen LogP contribution in [-0.4, -0.2) is 19.5 Å². The molecule has 138 valence electrons. The highest BCUT2D eigenvalue weighted by atomic mass is 32.1. The summed E-state index contributed by atoms with van der Waals surface area (Å²) in [7, 11) is 0. The van der Waals surface area contributed by atoms with Crippen molar-refractivity contribution in [3.8, 4) is 10.7 Å². The molecule has 0 fully saturated rings. The number of halogens is 1. The largest absolute Gasteiger partial charge is 0.322 e. The van der Waals surface area contributed by atoms with Crippen LogP contribution in [0.2, 0.25) is 0 Å². The summed E-state index contributed by atoms with van der Waals surface area (Å²) in [4.78, 5) is 25.0. The lowest BCUT2D eigenvalue weighted by molar-refractivity contribution is 0.629. The minimum atomic E-state index is -0.380. The van der Waals surface area contributed by atoms with Crippen LogP contribution in [0, 0.1) is 12.7 Å². The van der Waals surface area contributed by atoms with Gasteiger partial charge in [-0.2, -0.15) is 0 Å². The standard InChI is InChI=1S/C21H15FN4OS/c1-12-20(28-11-23-12)21-25-16-4-2-3-5-18(16)26(21)10-13-8-19(27)24-17-9-14(22)6-7-15(13)17/h2-9,11H,10H2,1H3,(H,24,27). The maximum absolute atomic E-state index is 13.6. The number of pyridine rings is 1. The zero-order valence-corrected chi connectivity index (χ0v) is 15.8. The first-order chi connectivity index (χ1) is 13.6. The normalized spacial score (nSPS) is 11.5. The maximum atomic E-state index is 13.6. The van der Waals surface area contributed by atoms with Gasteiger partial charge in [-0.05, 0) is 42.8 Å². The molecule has 2 aromatic carbocycles. The number of hydrogen-bond donors (Lipinski definition) is 1. The summed E-state index contributed by atoms with van der Waals surface area (Å²) in [6, 6.07) is 13.9. The number of rotatable bonds is 3. The number of hydrogen-bond acceptors (Lipinski definition) is 4. The van der Waals surface area contributed by atoms with Gasteiger partial charge in [0, 0.05) is 11.5 Å². The zero-order chi connectivity index (χ0) is 19.3. The number of aromatic nitrogens is 4. The van der Waals surface area contributed by atoms with E-state index in [0.717, 1.165) is 38.4 Å². The van der Waals surface area contributed by atoms with E-state index in [9.17, 15) is 9.18 Å². The minimum absolute atomic E-state index is 0.256. The third-order valence-electron chi connectivity index (χ3n) is 4.82. The van der Waals surface area contributed by atoms with E-state index < -0.39 is 0 Å². The van der Waals surface area contributed by atoms with Gasteiger partial charge < -0.3 is 9.55 Å². The first-order valence-corrected chi connectivity index (χ1v) is 9.65. The number of benzene rings is 2. The highest BCUT2D eigenvalue weighted by Crippen LogP contribution is 2.31. The lowest BCUT2D eigenvalue weighted by Gasteiger charge is -2.11. The average Bonchev–Trinajstić information content (AvgIpc) is 3.24. The number of para-hydroxylation sites is 2. The van der Waals surface area contributed by atoms with Gasteiger partial charge in [-0.25, -0.2) is 14.4 Å². The van der Waals surface area contributed by atoms with Gasteiger partial charge in [-0.15, -0.1) is 11.3 Å². The van der Waals surface area contributed by atoms with Gasteiger partial charge in [0.1, 0.15) is 5.82 Å². The Morgan fingerprint density at radius 3 is 2.86 bits per heavy atom. The zero-order valence-electron chi connectivity index (χ0n) is 14.9.